The molecule has 1 aliphatic rings. The summed E-state index contributed by atoms with van der Waals surface area (Å²) in [7, 11) is 4.91. The molecule has 3 amide bonds. The van der Waals surface area contributed by atoms with Gasteiger partial charge in [-0.3, -0.25) is 4.79 Å². The molecule has 0 aliphatic carbocycles. The zero-order chi connectivity index (χ0) is 17.0. The van der Waals surface area contributed by atoms with Gasteiger partial charge >= 0.3 is 6.03 Å². The van der Waals surface area contributed by atoms with Crippen LogP contribution >= 0.6 is 0 Å². The van der Waals surface area contributed by atoms with E-state index in [0.29, 0.717) is 24.6 Å². The molecule has 0 aromatic heterocycles. The van der Waals surface area contributed by atoms with Crippen molar-refractivity contribution in [3.05, 3.63) is 24.3 Å². The van der Waals surface area contributed by atoms with E-state index in [9.17, 15) is 9.59 Å². The van der Waals surface area contributed by atoms with Crippen molar-refractivity contribution in [3.63, 3.8) is 0 Å². The Kier molecular flexibility index (Phi) is 5.31. The van der Waals surface area contributed by atoms with Crippen molar-refractivity contribution in [2.24, 2.45) is 0 Å². The molecule has 1 aromatic rings. The van der Waals surface area contributed by atoms with Gasteiger partial charge in [0.05, 0.1) is 20.2 Å². The van der Waals surface area contributed by atoms with E-state index >= 15 is 0 Å². The van der Waals surface area contributed by atoms with Gasteiger partial charge in [0.25, 0.3) is 0 Å². The predicted molar refractivity (Wildman–Crippen MR) is 85.7 cm³/mol. The lowest BCUT2D eigenvalue weighted by Crippen LogP contribution is -2.60. The summed E-state index contributed by atoms with van der Waals surface area (Å²) in [5.74, 6) is 1.19. The Balaban J connectivity index is 1.80. The zero-order valence-electron chi connectivity index (χ0n) is 13.9. The summed E-state index contributed by atoms with van der Waals surface area (Å²) in [5.41, 5.74) is 0. The summed E-state index contributed by atoms with van der Waals surface area (Å²) in [5, 5.41) is 2.69. The third-order valence-electron chi connectivity index (χ3n) is 3.65. The highest BCUT2D eigenvalue weighted by molar-refractivity contribution is 5.86. The first-order chi connectivity index (χ1) is 10.9. The van der Waals surface area contributed by atoms with Gasteiger partial charge in [0.1, 0.15) is 12.1 Å². The first-order valence-electron chi connectivity index (χ1n) is 7.48. The van der Waals surface area contributed by atoms with Crippen LogP contribution in [-0.4, -0.2) is 68.2 Å². The molecular weight excluding hydrogens is 298 g/mol. The van der Waals surface area contributed by atoms with Crippen LogP contribution in [0, 0.1) is 0 Å². The maximum Gasteiger partial charge on any atom is 0.318 e. The number of likely N-dealkylation sites (tertiary alicyclic amines) is 1. The SMILES string of the molecule is COc1ccccc1OC1CN(C(=O)N[C@@H](C)C(=O)N(C)C)C1. The molecule has 0 bridgehead atoms. The van der Waals surface area contributed by atoms with Crippen LogP contribution in [0.2, 0.25) is 0 Å². The summed E-state index contributed by atoms with van der Waals surface area (Å²) >= 11 is 0. The number of hydrogen-bond acceptors (Lipinski definition) is 4. The van der Waals surface area contributed by atoms with E-state index < -0.39 is 6.04 Å². The van der Waals surface area contributed by atoms with Gasteiger partial charge in [0.15, 0.2) is 11.5 Å². The van der Waals surface area contributed by atoms with Crippen molar-refractivity contribution in [3.8, 4) is 11.5 Å². The second kappa shape index (κ2) is 7.21. The molecule has 1 heterocycles. The fourth-order valence-electron chi connectivity index (χ4n) is 2.30. The lowest BCUT2D eigenvalue weighted by atomic mass is 10.1. The van der Waals surface area contributed by atoms with Gasteiger partial charge in [0.2, 0.25) is 5.91 Å². The van der Waals surface area contributed by atoms with E-state index in [-0.39, 0.29) is 18.0 Å². The van der Waals surface area contributed by atoms with Gasteiger partial charge in [-0.05, 0) is 19.1 Å². The second-order valence-corrected chi connectivity index (χ2v) is 5.70. The summed E-state index contributed by atoms with van der Waals surface area (Å²) in [6.07, 6.45) is -0.0723. The fourth-order valence-corrected chi connectivity index (χ4v) is 2.30. The average Bonchev–Trinajstić information content (AvgIpc) is 2.49. The number of amides is 3. The van der Waals surface area contributed by atoms with E-state index in [1.54, 1.807) is 33.0 Å². The zero-order valence-corrected chi connectivity index (χ0v) is 13.9. The minimum atomic E-state index is -0.549. The third kappa shape index (κ3) is 4.06. The fraction of sp³-hybridized carbons (Fsp3) is 0.500. The number of rotatable bonds is 5. The minimum absolute atomic E-state index is 0.0723. The number of nitrogens with zero attached hydrogens (tertiary/aromatic N) is 2. The van der Waals surface area contributed by atoms with Crippen molar-refractivity contribution < 1.29 is 19.1 Å². The lowest BCUT2D eigenvalue weighted by Gasteiger charge is -2.39. The van der Waals surface area contributed by atoms with Gasteiger partial charge in [-0.15, -0.1) is 0 Å². The highest BCUT2D eigenvalue weighted by Gasteiger charge is 2.34. The van der Waals surface area contributed by atoms with Gasteiger partial charge < -0.3 is 24.6 Å². The molecule has 0 unspecified atom stereocenters. The van der Waals surface area contributed by atoms with Crippen LogP contribution in [0.3, 0.4) is 0 Å². The molecule has 1 saturated heterocycles. The number of hydrogen-bond donors (Lipinski definition) is 1. The number of likely N-dealkylation sites (N-methyl/N-ethyl adjacent to an activating group) is 1. The quantitative estimate of drug-likeness (QED) is 0.876. The third-order valence-corrected chi connectivity index (χ3v) is 3.65. The van der Waals surface area contributed by atoms with Crippen LogP contribution in [0.4, 0.5) is 4.79 Å². The summed E-state index contributed by atoms with van der Waals surface area (Å²) in [6, 6.07) is 6.59. The monoisotopic (exact) mass is 321 g/mol. The van der Waals surface area contributed by atoms with Crippen LogP contribution in [-0.2, 0) is 4.79 Å². The number of nitrogens with one attached hydrogen (secondary N) is 1. The van der Waals surface area contributed by atoms with Crippen LogP contribution in [0.25, 0.3) is 0 Å². The molecule has 0 saturated carbocycles. The van der Waals surface area contributed by atoms with Gasteiger partial charge in [0, 0.05) is 14.1 Å². The number of para-hydroxylation sites is 2. The maximum absolute atomic E-state index is 12.0. The average molecular weight is 321 g/mol. The molecule has 7 nitrogen and oxygen atoms in total. The molecule has 7 heteroatoms. The van der Waals surface area contributed by atoms with E-state index in [2.05, 4.69) is 5.32 Å². The van der Waals surface area contributed by atoms with Crippen LogP contribution in [0.5, 0.6) is 11.5 Å². The van der Waals surface area contributed by atoms with Crippen molar-refractivity contribution >= 4 is 11.9 Å². The first kappa shape index (κ1) is 16.9. The Morgan fingerprint density at radius 2 is 1.87 bits per heavy atom. The van der Waals surface area contributed by atoms with E-state index in [1.165, 1.54) is 4.90 Å². The molecule has 2 rings (SSSR count). The topological polar surface area (TPSA) is 71.1 Å². The molecule has 1 fully saturated rings. The van der Waals surface area contributed by atoms with E-state index in [0.717, 1.165) is 0 Å². The van der Waals surface area contributed by atoms with Crippen molar-refractivity contribution in [1.82, 2.24) is 15.1 Å². The Hall–Kier alpha value is -2.44. The highest BCUT2D eigenvalue weighted by Crippen LogP contribution is 2.28. The Morgan fingerprint density at radius 1 is 1.26 bits per heavy atom. The van der Waals surface area contributed by atoms with Crippen molar-refractivity contribution in [2.75, 3.05) is 34.3 Å². The molecule has 126 valence electrons. The lowest BCUT2D eigenvalue weighted by molar-refractivity contribution is -0.130. The molecule has 1 N–H and O–H groups in total. The summed E-state index contributed by atoms with van der Waals surface area (Å²) in [4.78, 5) is 26.8. The predicted octanol–water partition coefficient (Wildman–Crippen LogP) is 0.944. The molecule has 1 atom stereocenters. The second-order valence-electron chi connectivity index (χ2n) is 5.70. The summed E-state index contributed by atoms with van der Waals surface area (Å²) in [6.45, 7) is 2.63. The normalized spacial score (nSPS) is 15.4. The molecular formula is C16H23N3O4. The molecule has 0 spiro atoms. The van der Waals surface area contributed by atoms with E-state index in [1.807, 2.05) is 24.3 Å². The standard InChI is InChI=1S/C16H23N3O4/c1-11(15(20)18(2)3)17-16(21)19-9-12(10-19)23-14-8-6-5-7-13(14)22-4/h5-8,11-12H,9-10H2,1-4H3,(H,17,21)/t11-/m0/s1. The number of urea groups is 1. The van der Waals surface area contributed by atoms with Crippen LogP contribution in [0.15, 0.2) is 24.3 Å². The molecule has 1 aliphatic heterocycles. The van der Waals surface area contributed by atoms with Gasteiger partial charge in [-0.1, -0.05) is 12.1 Å². The molecule has 23 heavy (non-hydrogen) atoms. The number of ether oxygens (including phenoxy) is 2. The molecule has 0 radical (unpaired) electrons. The Labute approximate surface area is 136 Å². The number of methoxy groups -OCH3 is 1. The highest BCUT2D eigenvalue weighted by atomic mass is 16.5. The van der Waals surface area contributed by atoms with E-state index in [4.69, 9.17) is 9.47 Å². The van der Waals surface area contributed by atoms with Crippen molar-refractivity contribution in [1.29, 1.82) is 0 Å². The first-order valence-corrected chi connectivity index (χ1v) is 7.48. The van der Waals surface area contributed by atoms with Crippen LogP contribution < -0.4 is 14.8 Å². The largest absolute Gasteiger partial charge is 0.493 e. The number of carbonyl (C=O) groups excluding carboxylic acids is 2. The summed E-state index contributed by atoms with van der Waals surface area (Å²) < 4.78 is 11.1. The Bertz CT molecular complexity index is 570. The number of benzene rings is 1. The maximum atomic E-state index is 12.0. The molecule has 1 aromatic carbocycles. The number of carbonyl (C=O) groups is 2. The minimum Gasteiger partial charge on any atom is -0.493 e. The Morgan fingerprint density at radius 3 is 2.43 bits per heavy atom. The van der Waals surface area contributed by atoms with Gasteiger partial charge in [-0.2, -0.15) is 0 Å². The van der Waals surface area contributed by atoms with Crippen molar-refractivity contribution in [2.45, 2.75) is 19.1 Å². The van der Waals surface area contributed by atoms with Crippen LogP contribution in [0.1, 0.15) is 6.92 Å². The van der Waals surface area contributed by atoms with Gasteiger partial charge in [-0.25, -0.2) is 4.79 Å². The smallest absolute Gasteiger partial charge is 0.318 e.